The maximum atomic E-state index is 13.0. The Bertz CT molecular complexity index is 1110. The Balaban J connectivity index is 1.85. The summed E-state index contributed by atoms with van der Waals surface area (Å²) >= 11 is 6.26. The Kier molecular flexibility index (Phi) is 4.44. The SMILES string of the molecule is CCOc1ccc(Cl)c2oc3cc(N4CCC(C(=O)O)C4)ccc3c(=O)c12. The van der Waals surface area contributed by atoms with Crippen molar-refractivity contribution in [3.63, 3.8) is 0 Å². The second kappa shape index (κ2) is 6.78. The highest BCUT2D eigenvalue weighted by molar-refractivity contribution is 6.35. The number of carbonyl (C=O) groups is 1. The van der Waals surface area contributed by atoms with Crippen molar-refractivity contribution in [2.45, 2.75) is 13.3 Å². The molecule has 0 bridgehead atoms. The zero-order valence-electron chi connectivity index (χ0n) is 14.7. The number of hydrogen-bond donors (Lipinski definition) is 1. The molecule has 1 N–H and O–H groups in total. The van der Waals surface area contributed by atoms with Gasteiger partial charge in [0.2, 0.25) is 5.43 Å². The van der Waals surface area contributed by atoms with Crippen LogP contribution in [0.15, 0.2) is 39.5 Å². The number of rotatable bonds is 4. The molecule has 1 unspecified atom stereocenters. The fourth-order valence-electron chi connectivity index (χ4n) is 3.55. The molecule has 2 aromatic carbocycles. The minimum absolute atomic E-state index is 0.200. The normalized spacial score (nSPS) is 17.0. The lowest BCUT2D eigenvalue weighted by Gasteiger charge is -2.18. The van der Waals surface area contributed by atoms with Gasteiger partial charge >= 0.3 is 5.97 Å². The summed E-state index contributed by atoms with van der Waals surface area (Å²) in [5.74, 6) is -0.723. The minimum atomic E-state index is -0.786. The Hall–Kier alpha value is -2.73. The third kappa shape index (κ3) is 3.00. The van der Waals surface area contributed by atoms with Crippen molar-refractivity contribution in [1.82, 2.24) is 0 Å². The summed E-state index contributed by atoms with van der Waals surface area (Å²) in [5.41, 5.74) is 1.33. The van der Waals surface area contributed by atoms with Crippen molar-refractivity contribution in [1.29, 1.82) is 0 Å². The maximum Gasteiger partial charge on any atom is 0.308 e. The maximum absolute atomic E-state index is 13.0. The van der Waals surface area contributed by atoms with Gasteiger partial charge in [-0.05, 0) is 37.6 Å². The molecule has 1 aliphatic heterocycles. The molecule has 7 heteroatoms. The van der Waals surface area contributed by atoms with E-state index in [1.54, 1.807) is 24.3 Å². The van der Waals surface area contributed by atoms with E-state index in [0.29, 0.717) is 58.8 Å². The predicted molar refractivity (Wildman–Crippen MR) is 104 cm³/mol. The number of fused-ring (bicyclic) bond motifs is 2. The number of hydrogen-bond acceptors (Lipinski definition) is 5. The van der Waals surface area contributed by atoms with Crippen LogP contribution in [0.2, 0.25) is 5.02 Å². The van der Waals surface area contributed by atoms with Crippen LogP contribution in [0.4, 0.5) is 5.69 Å². The quantitative estimate of drug-likeness (QED) is 0.684. The summed E-state index contributed by atoms with van der Waals surface area (Å²) in [6.07, 6.45) is 0.596. The third-order valence-corrected chi connectivity index (χ3v) is 5.22. The van der Waals surface area contributed by atoms with E-state index in [1.165, 1.54) is 0 Å². The third-order valence-electron chi connectivity index (χ3n) is 4.92. The van der Waals surface area contributed by atoms with Crippen LogP contribution in [-0.2, 0) is 4.79 Å². The highest BCUT2D eigenvalue weighted by atomic mass is 35.5. The summed E-state index contributed by atoms with van der Waals surface area (Å²) in [5, 5.41) is 10.3. The first-order valence-electron chi connectivity index (χ1n) is 8.79. The van der Waals surface area contributed by atoms with Gasteiger partial charge in [-0.15, -0.1) is 0 Å². The number of nitrogens with zero attached hydrogens (tertiary/aromatic N) is 1. The Morgan fingerprint density at radius 3 is 2.89 bits per heavy atom. The predicted octanol–water partition coefficient (Wildman–Crippen LogP) is 3.91. The van der Waals surface area contributed by atoms with E-state index in [1.807, 2.05) is 17.9 Å². The summed E-state index contributed by atoms with van der Waals surface area (Å²) in [7, 11) is 0. The van der Waals surface area contributed by atoms with Gasteiger partial charge < -0.3 is 19.2 Å². The van der Waals surface area contributed by atoms with Gasteiger partial charge in [-0.3, -0.25) is 9.59 Å². The van der Waals surface area contributed by atoms with Crippen molar-refractivity contribution in [2.75, 3.05) is 24.6 Å². The molecule has 27 heavy (non-hydrogen) atoms. The molecule has 1 atom stereocenters. The van der Waals surface area contributed by atoms with Crippen LogP contribution in [0.1, 0.15) is 13.3 Å². The lowest BCUT2D eigenvalue weighted by Crippen LogP contribution is -2.22. The second-order valence-electron chi connectivity index (χ2n) is 6.56. The van der Waals surface area contributed by atoms with Crippen molar-refractivity contribution in [3.8, 4) is 5.75 Å². The molecular weight excluding hydrogens is 370 g/mol. The molecule has 2 heterocycles. The fraction of sp³-hybridized carbons (Fsp3) is 0.300. The van der Waals surface area contributed by atoms with Crippen LogP contribution >= 0.6 is 11.6 Å². The average Bonchev–Trinajstić information content (AvgIpc) is 3.15. The monoisotopic (exact) mass is 387 g/mol. The highest BCUT2D eigenvalue weighted by Crippen LogP contribution is 2.33. The number of carboxylic acid groups (broad SMARTS) is 1. The largest absolute Gasteiger partial charge is 0.493 e. The molecule has 0 aliphatic carbocycles. The van der Waals surface area contributed by atoms with Crippen molar-refractivity contribution >= 4 is 45.2 Å². The van der Waals surface area contributed by atoms with Crippen molar-refractivity contribution in [2.24, 2.45) is 5.92 Å². The van der Waals surface area contributed by atoms with Gasteiger partial charge in [0.05, 0.1) is 22.9 Å². The van der Waals surface area contributed by atoms with Gasteiger partial charge in [-0.2, -0.15) is 0 Å². The first-order valence-corrected chi connectivity index (χ1v) is 9.17. The molecule has 3 aromatic rings. The van der Waals surface area contributed by atoms with Crippen LogP contribution < -0.4 is 15.1 Å². The van der Waals surface area contributed by atoms with Gasteiger partial charge in [0, 0.05) is 24.8 Å². The van der Waals surface area contributed by atoms with E-state index in [0.717, 1.165) is 5.69 Å². The van der Waals surface area contributed by atoms with E-state index < -0.39 is 5.97 Å². The minimum Gasteiger partial charge on any atom is -0.493 e. The first-order chi connectivity index (χ1) is 13.0. The molecule has 1 aromatic heterocycles. The van der Waals surface area contributed by atoms with E-state index >= 15 is 0 Å². The summed E-state index contributed by atoms with van der Waals surface area (Å²) in [6, 6.07) is 8.61. The molecule has 140 valence electrons. The van der Waals surface area contributed by atoms with E-state index in [-0.39, 0.29) is 11.3 Å². The molecule has 1 fully saturated rings. The van der Waals surface area contributed by atoms with Gasteiger partial charge in [0.15, 0.2) is 5.58 Å². The summed E-state index contributed by atoms with van der Waals surface area (Å²) in [4.78, 5) is 26.2. The number of anilines is 1. The Morgan fingerprint density at radius 2 is 2.19 bits per heavy atom. The van der Waals surface area contributed by atoms with Crippen molar-refractivity contribution < 1.29 is 19.1 Å². The van der Waals surface area contributed by atoms with Crippen LogP contribution in [0.3, 0.4) is 0 Å². The zero-order chi connectivity index (χ0) is 19.1. The summed E-state index contributed by atoms with van der Waals surface area (Å²) < 4.78 is 11.5. The van der Waals surface area contributed by atoms with E-state index in [2.05, 4.69) is 0 Å². The Morgan fingerprint density at radius 1 is 1.37 bits per heavy atom. The molecule has 0 saturated carbocycles. The van der Waals surface area contributed by atoms with E-state index in [9.17, 15) is 14.7 Å². The van der Waals surface area contributed by atoms with Crippen LogP contribution in [0.25, 0.3) is 21.9 Å². The van der Waals surface area contributed by atoms with Gasteiger partial charge in [-0.25, -0.2) is 0 Å². The fourth-order valence-corrected chi connectivity index (χ4v) is 3.75. The smallest absolute Gasteiger partial charge is 0.308 e. The number of aliphatic carboxylic acids is 1. The molecule has 0 radical (unpaired) electrons. The average molecular weight is 388 g/mol. The number of halogens is 1. The van der Waals surface area contributed by atoms with Crippen LogP contribution in [0, 0.1) is 5.92 Å². The number of benzene rings is 2. The molecule has 0 spiro atoms. The molecule has 4 rings (SSSR count). The number of ether oxygens (including phenoxy) is 1. The Labute approximate surface area is 159 Å². The molecule has 0 amide bonds. The lowest BCUT2D eigenvalue weighted by atomic mass is 10.1. The van der Waals surface area contributed by atoms with Crippen molar-refractivity contribution in [3.05, 3.63) is 45.6 Å². The summed E-state index contributed by atoms with van der Waals surface area (Å²) in [6.45, 7) is 3.35. The number of carboxylic acids is 1. The molecular formula is C20H18ClNO5. The molecule has 1 saturated heterocycles. The second-order valence-corrected chi connectivity index (χ2v) is 6.97. The van der Waals surface area contributed by atoms with Gasteiger partial charge in [0.1, 0.15) is 16.7 Å². The highest BCUT2D eigenvalue weighted by Gasteiger charge is 2.28. The van der Waals surface area contributed by atoms with Crippen LogP contribution in [-0.4, -0.2) is 30.8 Å². The van der Waals surface area contributed by atoms with Gasteiger partial charge in [0.25, 0.3) is 0 Å². The first kappa shape index (κ1) is 17.7. The van der Waals surface area contributed by atoms with Crippen LogP contribution in [0.5, 0.6) is 5.75 Å². The molecule has 6 nitrogen and oxygen atoms in total. The topological polar surface area (TPSA) is 80.0 Å². The lowest BCUT2D eigenvalue weighted by molar-refractivity contribution is -0.140. The zero-order valence-corrected chi connectivity index (χ0v) is 15.5. The van der Waals surface area contributed by atoms with Gasteiger partial charge in [-0.1, -0.05) is 11.6 Å². The standard InChI is InChI=1S/C20H18ClNO5/c1-2-26-15-6-5-14(21)19-17(15)18(23)13-4-3-12(9-16(13)27-19)22-8-7-11(10-22)20(24)25/h3-6,9,11H,2,7-8,10H2,1H3,(H,24,25). The molecule has 1 aliphatic rings. The van der Waals surface area contributed by atoms with E-state index in [4.69, 9.17) is 20.8 Å².